The van der Waals surface area contributed by atoms with Crippen molar-refractivity contribution in [2.45, 2.75) is 64.1 Å². The quantitative estimate of drug-likeness (QED) is 0.465. The average Bonchev–Trinajstić information content (AvgIpc) is 3.10. The molecule has 0 spiro atoms. The van der Waals surface area contributed by atoms with Crippen molar-refractivity contribution in [1.82, 2.24) is 5.32 Å². The molecule has 2 fully saturated rings. The van der Waals surface area contributed by atoms with E-state index in [1.165, 1.54) is 0 Å². The van der Waals surface area contributed by atoms with Crippen LogP contribution in [0.1, 0.15) is 27.7 Å². The van der Waals surface area contributed by atoms with Gasteiger partial charge >= 0.3 is 0 Å². The second-order valence-corrected chi connectivity index (χ2v) is 12.6. The van der Waals surface area contributed by atoms with Crippen LogP contribution < -0.4 is 5.32 Å². The molecular weight excluding hydrogens is 289 g/mol. The molecule has 122 valence electrons. The fraction of sp³-hybridized carbons (Fsp3) is 0.933. The van der Waals surface area contributed by atoms with Crippen molar-refractivity contribution in [2.75, 3.05) is 13.3 Å². The second kappa shape index (κ2) is 5.63. The smallest absolute Gasteiger partial charge is 0.228 e. The van der Waals surface area contributed by atoms with E-state index < -0.39 is 15.0 Å². The summed E-state index contributed by atoms with van der Waals surface area (Å²) in [6, 6.07) is -0.158. The lowest BCUT2D eigenvalue weighted by Crippen LogP contribution is -2.67. The summed E-state index contributed by atoms with van der Waals surface area (Å²) in [6.45, 7) is 13.0. The lowest BCUT2D eigenvalue weighted by Gasteiger charge is -2.47. The second-order valence-electron chi connectivity index (χ2n) is 7.83. The van der Waals surface area contributed by atoms with Crippen LogP contribution in [0.3, 0.4) is 0 Å². The first-order valence-electron chi connectivity index (χ1n) is 7.74. The number of amides is 1. The molecule has 21 heavy (non-hydrogen) atoms. The van der Waals surface area contributed by atoms with Gasteiger partial charge in [0.2, 0.25) is 5.91 Å². The van der Waals surface area contributed by atoms with Gasteiger partial charge in [0.1, 0.15) is 0 Å². The van der Waals surface area contributed by atoms with Crippen molar-refractivity contribution in [3.8, 4) is 0 Å². The number of hydrogen-bond acceptors (Lipinski definition) is 3. The number of alkyl halides is 1. The standard InChI is InChI=1S/C15H28FNO3Si/c1-9(20-21(5,6)15(2,3)4)12-13(17-14(12)18)10(7-16)11-8-19-11/h9-13H,7-8H2,1-6H3,(H,17,18)/t9-,10+,11-,12-,13-/m1/s1. The van der Waals surface area contributed by atoms with E-state index in [4.69, 9.17) is 9.16 Å². The Morgan fingerprint density at radius 3 is 2.43 bits per heavy atom. The zero-order chi connectivity index (χ0) is 16.0. The largest absolute Gasteiger partial charge is 0.413 e. The van der Waals surface area contributed by atoms with Crippen LogP contribution in [0, 0.1) is 11.8 Å². The number of ether oxygens (including phenoxy) is 1. The molecule has 6 heteroatoms. The number of β-lactam (4-membered cyclic amide) rings is 1. The Balaban J connectivity index is 2.03. The highest BCUT2D eigenvalue weighted by Crippen LogP contribution is 2.40. The summed E-state index contributed by atoms with van der Waals surface area (Å²) in [5.41, 5.74) is 0. The molecule has 2 aliphatic heterocycles. The van der Waals surface area contributed by atoms with Gasteiger partial charge in [-0.2, -0.15) is 0 Å². The van der Waals surface area contributed by atoms with Gasteiger partial charge in [-0.1, -0.05) is 20.8 Å². The van der Waals surface area contributed by atoms with Crippen LogP contribution in [0.2, 0.25) is 18.1 Å². The summed E-state index contributed by atoms with van der Waals surface area (Å²) in [5, 5.41) is 2.94. The van der Waals surface area contributed by atoms with Crippen molar-refractivity contribution in [2.24, 2.45) is 11.8 Å². The third kappa shape index (κ3) is 3.32. The van der Waals surface area contributed by atoms with Gasteiger partial charge in [0.25, 0.3) is 0 Å². The maximum absolute atomic E-state index is 13.2. The van der Waals surface area contributed by atoms with Crippen LogP contribution >= 0.6 is 0 Å². The minimum absolute atomic E-state index is 0.0229. The molecule has 2 aliphatic rings. The number of nitrogens with one attached hydrogen (secondary N) is 1. The Labute approximate surface area is 127 Å². The van der Waals surface area contributed by atoms with E-state index in [-0.39, 0.29) is 41.0 Å². The number of halogens is 1. The molecule has 5 atom stereocenters. The third-order valence-corrected chi connectivity index (χ3v) is 9.84. The maximum Gasteiger partial charge on any atom is 0.228 e. The fourth-order valence-electron chi connectivity index (χ4n) is 2.74. The van der Waals surface area contributed by atoms with Crippen LogP contribution in [-0.2, 0) is 14.0 Å². The molecule has 0 radical (unpaired) electrons. The molecule has 2 rings (SSSR count). The molecule has 0 aromatic rings. The highest BCUT2D eigenvalue weighted by atomic mass is 28.4. The summed E-state index contributed by atoms with van der Waals surface area (Å²) < 4.78 is 24.8. The summed E-state index contributed by atoms with van der Waals surface area (Å²) in [5.74, 6) is -0.521. The van der Waals surface area contributed by atoms with Crippen molar-refractivity contribution in [3.05, 3.63) is 0 Å². The number of hydrogen-bond donors (Lipinski definition) is 1. The van der Waals surface area contributed by atoms with E-state index in [1.807, 2.05) is 6.92 Å². The first-order chi connectivity index (χ1) is 9.58. The van der Waals surface area contributed by atoms with Crippen LogP contribution in [0.15, 0.2) is 0 Å². The Hall–Kier alpha value is -0.463. The Morgan fingerprint density at radius 1 is 1.48 bits per heavy atom. The van der Waals surface area contributed by atoms with Crippen LogP contribution in [0.25, 0.3) is 0 Å². The monoisotopic (exact) mass is 317 g/mol. The van der Waals surface area contributed by atoms with E-state index in [0.717, 1.165) is 0 Å². The molecule has 0 aromatic heterocycles. The van der Waals surface area contributed by atoms with E-state index in [1.54, 1.807) is 0 Å². The van der Waals surface area contributed by atoms with Crippen molar-refractivity contribution < 1.29 is 18.3 Å². The Morgan fingerprint density at radius 2 is 2.05 bits per heavy atom. The molecule has 1 N–H and O–H groups in total. The minimum Gasteiger partial charge on any atom is -0.413 e. The maximum atomic E-state index is 13.2. The molecule has 1 amide bonds. The van der Waals surface area contributed by atoms with Gasteiger partial charge in [-0.3, -0.25) is 9.18 Å². The first-order valence-corrected chi connectivity index (χ1v) is 10.6. The van der Waals surface area contributed by atoms with Crippen LogP contribution in [0.4, 0.5) is 4.39 Å². The van der Waals surface area contributed by atoms with Crippen molar-refractivity contribution in [1.29, 1.82) is 0 Å². The molecule has 2 saturated heterocycles. The summed E-state index contributed by atoms with van der Waals surface area (Å²) >= 11 is 0. The van der Waals surface area contributed by atoms with Gasteiger partial charge in [-0.25, -0.2) is 0 Å². The van der Waals surface area contributed by atoms with Gasteiger partial charge in [-0.15, -0.1) is 0 Å². The van der Waals surface area contributed by atoms with Gasteiger partial charge in [0.15, 0.2) is 8.32 Å². The predicted molar refractivity (Wildman–Crippen MR) is 82.4 cm³/mol. The topological polar surface area (TPSA) is 50.9 Å². The van der Waals surface area contributed by atoms with Crippen molar-refractivity contribution in [3.63, 3.8) is 0 Å². The average molecular weight is 317 g/mol. The molecule has 0 bridgehead atoms. The van der Waals surface area contributed by atoms with Crippen LogP contribution in [0.5, 0.6) is 0 Å². The molecule has 0 aliphatic carbocycles. The molecule has 2 heterocycles. The normalized spacial score (nSPS) is 32.1. The number of carbonyl (C=O) groups is 1. The SMILES string of the molecule is C[C@@H](O[Si](C)(C)C(C)(C)C)[C@H]1C(=O)N[C@@H]1[C@@H](CF)[C@H]1CO1. The van der Waals surface area contributed by atoms with E-state index in [2.05, 4.69) is 39.2 Å². The number of carbonyl (C=O) groups excluding carboxylic acids is 1. The fourth-order valence-corrected chi connectivity index (χ4v) is 4.17. The molecule has 0 aromatic carbocycles. The highest BCUT2D eigenvalue weighted by Gasteiger charge is 2.53. The summed E-state index contributed by atoms with van der Waals surface area (Å²) in [7, 11) is -1.93. The predicted octanol–water partition coefficient (Wildman–Crippen LogP) is 2.50. The van der Waals surface area contributed by atoms with Crippen molar-refractivity contribution >= 4 is 14.2 Å². The Bertz CT molecular complexity index is 406. The number of rotatable bonds is 6. The molecule has 4 nitrogen and oxygen atoms in total. The number of epoxide rings is 1. The van der Waals surface area contributed by atoms with E-state index >= 15 is 0 Å². The van der Waals surface area contributed by atoms with Gasteiger partial charge in [-0.05, 0) is 25.1 Å². The van der Waals surface area contributed by atoms with E-state index in [0.29, 0.717) is 6.61 Å². The lowest BCUT2D eigenvalue weighted by molar-refractivity contribution is -0.142. The highest BCUT2D eigenvalue weighted by molar-refractivity contribution is 6.74. The van der Waals surface area contributed by atoms with Crippen LogP contribution in [-0.4, -0.2) is 45.8 Å². The molecular formula is C15H28FNO3Si. The zero-order valence-corrected chi connectivity index (χ0v) is 14.9. The minimum atomic E-state index is -1.93. The Kier molecular flexibility index (Phi) is 4.53. The third-order valence-electron chi connectivity index (χ3n) is 5.27. The lowest BCUT2D eigenvalue weighted by atomic mass is 9.77. The summed E-state index contributed by atoms with van der Waals surface area (Å²) in [4.78, 5) is 11.9. The van der Waals surface area contributed by atoms with Gasteiger partial charge in [0.05, 0.1) is 37.4 Å². The zero-order valence-electron chi connectivity index (χ0n) is 13.9. The van der Waals surface area contributed by atoms with Gasteiger partial charge in [0, 0.05) is 5.92 Å². The molecule has 0 saturated carbocycles. The summed E-state index contributed by atoms with van der Waals surface area (Å²) in [6.07, 6.45) is -0.222. The first kappa shape index (κ1) is 16.9. The van der Waals surface area contributed by atoms with E-state index in [9.17, 15) is 9.18 Å². The molecule has 0 unspecified atom stereocenters. The van der Waals surface area contributed by atoms with Gasteiger partial charge < -0.3 is 14.5 Å².